The average molecular weight is 420 g/mol. The van der Waals surface area contributed by atoms with Crippen LogP contribution in [-0.4, -0.2) is 44.9 Å². The monoisotopic (exact) mass is 419 g/mol. The normalized spacial score (nSPS) is 15.8. The van der Waals surface area contributed by atoms with Gasteiger partial charge in [-0.25, -0.2) is 12.8 Å². The Labute approximate surface area is 171 Å². The number of likely N-dealkylation sites (tertiary alicyclic amines) is 1. The van der Waals surface area contributed by atoms with Gasteiger partial charge in [0.2, 0.25) is 0 Å². The van der Waals surface area contributed by atoms with Crippen molar-refractivity contribution in [2.45, 2.75) is 37.1 Å². The van der Waals surface area contributed by atoms with Crippen LogP contribution in [0.5, 0.6) is 0 Å². The highest BCUT2D eigenvalue weighted by Crippen LogP contribution is 2.17. The van der Waals surface area contributed by atoms with E-state index in [9.17, 15) is 17.6 Å². The third-order valence-corrected chi connectivity index (χ3v) is 6.55. The number of halogens is 1. The second kappa shape index (κ2) is 9.37. The molecule has 1 aliphatic heterocycles. The highest BCUT2D eigenvalue weighted by Gasteiger charge is 2.21. The standard InChI is InChI=1S/C21H26FN3O3S/c1-2-19(25-13-3-4-14-25)15-23-21(26)16-5-9-18(10-6-16)24-29(27,28)20-11-7-17(22)8-12-20/h5-12,19,24H,2-4,13-15H2,1H3,(H,23,26). The molecule has 1 fully saturated rings. The number of benzene rings is 2. The van der Waals surface area contributed by atoms with Gasteiger partial charge in [0.15, 0.2) is 0 Å². The van der Waals surface area contributed by atoms with E-state index in [4.69, 9.17) is 0 Å². The van der Waals surface area contributed by atoms with Crippen molar-refractivity contribution in [1.82, 2.24) is 10.2 Å². The van der Waals surface area contributed by atoms with E-state index in [-0.39, 0.29) is 10.8 Å². The van der Waals surface area contributed by atoms with Crippen molar-refractivity contribution in [2.75, 3.05) is 24.4 Å². The van der Waals surface area contributed by atoms with Gasteiger partial charge in [-0.05, 0) is 80.9 Å². The summed E-state index contributed by atoms with van der Waals surface area (Å²) in [5.74, 6) is -0.690. The smallest absolute Gasteiger partial charge is 0.261 e. The molecule has 1 heterocycles. The van der Waals surface area contributed by atoms with Gasteiger partial charge < -0.3 is 5.32 Å². The first-order valence-corrected chi connectivity index (χ1v) is 11.3. The minimum atomic E-state index is -3.82. The maximum absolute atomic E-state index is 13.0. The summed E-state index contributed by atoms with van der Waals surface area (Å²) in [6.45, 7) is 4.87. The molecule has 8 heteroatoms. The highest BCUT2D eigenvalue weighted by atomic mass is 32.2. The Bertz CT molecular complexity index is 925. The number of carbonyl (C=O) groups excluding carboxylic acids is 1. The maximum atomic E-state index is 13.0. The second-order valence-electron chi connectivity index (χ2n) is 7.15. The highest BCUT2D eigenvalue weighted by molar-refractivity contribution is 7.92. The molecule has 1 unspecified atom stereocenters. The number of amides is 1. The summed E-state index contributed by atoms with van der Waals surface area (Å²) >= 11 is 0. The number of sulfonamides is 1. The minimum absolute atomic E-state index is 0.0340. The largest absolute Gasteiger partial charge is 0.350 e. The molecule has 0 radical (unpaired) electrons. The molecular formula is C21H26FN3O3S. The number of hydrogen-bond acceptors (Lipinski definition) is 4. The Morgan fingerprint density at radius 1 is 1.07 bits per heavy atom. The predicted octanol–water partition coefficient (Wildman–Crippen LogP) is 3.23. The van der Waals surface area contributed by atoms with Crippen LogP contribution in [0.3, 0.4) is 0 Å². The number of hydrogen-bond donors (Lipinski definition) is 2. The summed E-state index contributed by atoms with van der Waals surface area (Å²) < 4.78 is 40.1. The summed E-state index contributed by atoms with van der Waals surface area (Å²) in [6.07, 6.45) is 3.39. The van der Waals surface area contributed by atoms with Crippen LogP contribution < -0.4 is 10.0 Å². The van der Waals surface area contributed by atoms with Gasteiger partial charge in [-0.3, -0.25) is 14.4 Å². The molecule has 1 aliphatic rings. The van der Waals surface area contributed by atoms with Gasteiger partial charge in [-0.2, -0.15) is 0 Å². The van der Waals surface area contributed by atoms with Crippen molar-refractivity contribution in [3.8, 4) is 0 Å². The van der Waals surface area contributed by atoms with Gasteiger partial charge in [0.1, 0.15) is 5.82 Å². The molecule has 1 saturated heterocycles. The van der Waals surface area contributed by atoms with Crippen LogP contribution in [0.15, 0.2) is 53.4 Å². The molecule has 1 atom stereocenters. The van der Waals surface area contributed by atoms with E-state index < -0.39 is 15.8 Å². The fourth-order valence-corrected chi connectivity index (χ4v) is 4.53. The van der Waals surface area contributed by atoms with Gasteiger partial charge >= 0.3 is 0 Å². The van der Waals surface area contributed by atoms with Crippen LogP contribution in [0.1, 0.15) is 36.5 Å². The van der Waals surface area contributed by atoms with E-state index in [1.165, 1.54) is 37.1 Å². The number of anilines is 1. The number of rotatable bonds is 8. The zero-order valence-electron chi connectivity index (χ0n) is 16.4. The molecule has 6 nitrogen and oxygen atoms in total. The Kier molecular flexibility index (Phi) is 6.87. The van der Waals surface area contributed by atoms with Crippen molar-refractivity contribution in [2.24, 2.45) is 0 Å². The van der Waals surface area contributed by atoms with Crippen molar-refractivity contribution in [3.63, 3.8) is 0 Å². The molecule has 0 aromatic heterocycles. The first kappa shape index (κ1) is 21.3. The fraction of sp³-hybridized carbons (Fsp3) is 0.381. The quantitative estimate of drug-likeness (QED) is 0.689. The first-order valence-electron chi connectivity index (χ1n) is 9.80. The zero-order valence-corrected chi connectivity index (χ0v) is 17.2. The van der Waals surface area contributed by atoms with Crippen LogP contribution >= 0.6 is 0 Å². The number of nitrogens with one attached hydrogen (secondary N) is 2. The third-order valence-electron chi connectivity index (χ3n) is 5.15. The predicted molar refractivity (Wildman–Crippen MR) is 111 cm³/mol. The maximum Gasteiger partial charge on any atom is 0.261 e. The van der Waals surface area contributed by atoms with Gasteiger partial charge in [0, 0.05) is 23.8 Å². The van der Waals surface area contributed by atoms with Gasteiger partial charge in [-0.1, -0.05) is 6.92 Å². The lowest BCUT2D eigenvalue weighted by atomic mass is 10.1. The average Bonchev–Trinajstić information content (AvgIpc) is 3.23. The Hall–Kier alpha value is -2.45. The van der Waals surface area contributed by atoms with Crippen LogP contribution in [0.4, 0.5) is 10.1 Å². The molecular weight excluding hydrogens is 393 g/mol. The summed E-state index contributed by atoms with van der Waals surface area (Å²) in [5, 5.41) is 2.97. The van der Waals surface area contributed by atoms with Crippen LogP contribution in [-0.2, 0) is 10.0 Å². The van der Waals surface area contributed by atoms with Crippen LogP contribution in [0.2, 0.25) is 0 Å². The van der Waals surface area contributed by atoms with Crippen molar-refractivity contribution >= 4 is 21.6 Å². The van der Waals surface area contributed by atoms with E-state index in [1.54, 1.807) is 12.1 Å². The molecule has 0 spiro atoms. The molecule has 1 amide bonds. The fourth-order valence-electron chi connectivity index (χ4n) is 3.47. The molecule has 2 N–H and O–H groups in total. The van der Waals surface area contributed by atoms with Crippen LogP contribution in [0, 0.1) is 5.82 Å². The molecule has 0 saturated carbocycles. The summed E-state index contributed by atoms with van der Waals surface area (Å²) in [5.41, 5.74) is 0.792. The van der Waals surface area contributed by atoms with E-state index in [2.05, 4.69) is 21.9 Å². The first-order chi connectivity index (χ1) is 13.9. The molecule has 156 valence electrons. The van der Waals surface area contributed by atoms with Gasteiger partial charge in [-0.15, -0.1) is 0 Å². The molecule has 2 aromatic rings. The zero-order chi connectivity index (χ0) is 20.9. The van der Waals surface area contributed by atoms with Crippen molar-refractivity contribution < 1.29 is 17.6 Å². The molecule has 2 aromatic carbocycles. The van der Waals surface area contributed by atoms with E-state index in [0.717, 1.165) is 31.6 Å². The van der Waals surface area contributed by atoms with Crippen molar-refractivity contribution in [3.05, 3.63) is 59.9 Å². The van der Waals surface area contributed by atoms with Gasteiger partial charge in [0.05, 0.1) is 4.90 Å². The lowest BCUT2D eigenvalue weighted by Crippen LogP contribution is -2.42. The number of nitrogens with zero attached hydrogens (tertiary/aromatic N) is 1. The van der Waals surface area contributed by atoms with E-state index >= 15 is 0 Å². The molecule has 0 aliphatic carbocycles. The van der Waals surface area contributed by atoms with Crippen LogP contribution in [0.25, 0.3) is 0 Å². The Morgan fingerprint density at radius 2 is 1.69 bits per heavy atom. The molecule has 29 heavy (non-hydrogen) atoms. The molecule has 0 bridgehead atoms. The summed E-state index contributed by atoms with van der Waals surface area (Å²) in [7, 11) is -3.82. The lowest BCUT2D eigenvalue weighted by Gasteiger charge is -2.26. The SMILES string of the molecule is CCC(CNC(=O)c1ccc(NS(=O)(=O)c2ccc(F)cc2)cc1)N1CCCC1. The molecule has 3 rings (SSSR count). The summed E-state index contributed by atoms with van der Waals surface area (Å²) in [4.78, 5) is 14.8. The Balaban J connectivity index is 1.59. The summed E-state index contributed by atoms with van der Waals surface area (Å²) in [6, 6.07) is 11.1. The van der Waals surface area contributed by atoms with E-state index in [0.29, 0.717) is 23.8 Å². The van der Waals surface area contributed by atoms with Gasteiger partial charge in [0.25, 0.3) is 15.9 Å². The van der Waals surface area contributed by atoms with E-state index in [1.807, 2.05) is 0 Å². The minimum Gasteiger partial charge on any atom is -0.350 e. The second-order valence-corrected chi connectivity index (χ2v) is 8.83. The number of carbonyl (C=O) groups is 1. The third kappa shape index (κ3) is 5.55. The Morgan fingerprint density at radius 3 is 2.28 bits per heavy atom. The van der Waals surface area contributed by atoms with Crippen molar-refractivity contribution in [1.29, 1.82) is 0 Å². The lowest BCUT2D eigenvalue weighted by molar-refractivity contribution is 0.0937. The topological polar surface area (TPSA) is 78.5 Å².